The van der Waals surface area contributed by atoms with Gasteiger partial charge in [0, 0.05) is 29.9 Å². The van der Waals surface area contributed by atoms with Crippen LogP contribution in [0.2, 0.25) is 0 Å². The lowest BCUT2D eigenvalue weighted by molar-refractivity contribution is -0.133. The number of aromatic amines is 1. The molecule has 2 aromatic carbocycles. The first-order chi connectivity index (χ1) is 20.4. The summed E-state index contributed by atoms with van der Waals surface area (Å²) in [6.45, 7) is 0.637. The van der Waals surface area contributed by atoms with E-state index >= 15 is 0 Å². The highest BCUT2D eigenvalue weighted by Crippen LogP contribution is 2.43. The number of rotatable bonds is 10. The summed E-state index contributed by atoms with van der Waals surface area (Å²) >= 11 is 0. The molecule has 5 unspecified atom stereocenters. The second-order valence-corrected chi connectivity index (χ2v) is 11.6. The van der Waals surface area contributed by atoms with Crippen LogP contribution in [0.5, 0.6) is 5.75 Å². The van der Waals surface area contributed by atoms with Gasteiger partial charge < -0.3 is 30.4 Å². The molecule has 1 aliphatic carbocycles. The number of ketones is 1. The van der Waals surface area contributed by atoms with Crippen LogP contribution < -0.4 is 15.4 Å². The van der Waals surface area contributed by atoms with Crippen molar-refractivity contribution in [3.63, 3.8) is 0 Å². The Hall–Kier alpha value is -4.18. The number of carbonyl (C=O) groups is 4. The van der Waals surface area contributed by atoms with Crippen molar-refractivity contribution in [1.82, 2.24) is 20.5 Å². The number of H-pyrrole nitrogens is 1. The number of hydrogen-bond acceptors (Lipinski definition) is 6. The van der Waals surface area contributed by atoms with Gasteiger partial charge in [0.2, 0.25) is 11.8 Å². The third kappa shape index (κ3) is 5.51. The van der Waals surface area contributed by atoms with Crippen molar-refractivity contribution < 1.29 is 29.0 Å². The summed E-state index contributed by atoms with van der Waals surface area (Å²) in [4.78, 5) is 57.4. The average Bonchev–Trinajstić information content (AvgIpc) is 3.79. The Balaban J connectivity index is 1.22. The number of ether oxygens (including phenoxy) is 1. The molecule has 3 heterocycles. The van der Waals surface area contributed by atoms with Crippen LogP contribution in [0.15, 0.2) is 54.6 Å². The predicted molar refractivity (Wildman–Crippen MR) is 154 cm³/mol. The van der Waals surface area contributed by atoms with Crippen LogP contribution in [0, 0.1) is 17.8 Å². The van der Waals surface area contributed by atoms with Gasteiger partial charge in [-0.1, -0.05) is 42.8 Å². The van der Waals surface area contributed by atoms with Crippen molar-refractivity contribution in [2.45, 2.75) is 50.8 Å². The van der Waals surface area contributed by atoms with E-state index in [-0.39, 0.29) is 30.1 Å². The van der Waals surface area contributed by atoms with Crippen LogP contribution in [-0.2, 0) is 21.0 Å². The largest absolute Gasteiger partial charge is 0.488 e. The second kappa shape index (κ2) is 12.0. The first kappa shape index (κ1) is 28.0. The smallest absolute Gasteiger partial charge is 0.271 e. The number of nitrogens with one attached hydrogen (secondary N) is 3. The first-order valence-corrected chi connectivity index (χ1v) is 14.7. The van der Waals surface area contributed by atoms with Crippen molar-refractivity contribution in [3.8, 4) is 5.75 Å². The second-order valence-electron chi connectivity index (χ2n) is 11.6. The monoisotopic (exact) mass is 572 g/mol. The summed E-state index contributed by atoms with van der Waals surface area (Å²) in [6.07, 6.45) is 3.43. The molecule has 0 spiro atoms. The van der Waals surface area contributed by atoms with Crippen molar-refractivity contribution in [2.24, 2.45) is 17.8 Å². The fourth-order valence-corrected chi connectivity index (χ4v) is 6.90. The van der Waals surface area contributed by atoms with E-state index in [9.17, 15) is 24.3 Å². The number of aromatic nitrogens is 1. The number of nitrogens with zero attached hydrogens (tertiary/aromatic N) is 1. The summed E-state index contributed by atoms with van der Waals surface area (Å²) in [7, 11) is 0. The van der Waals surface area contributed by atoms with Gasteiger partial charge in [0.1, 0.15) is 30.7 Å². The van der Waals surface area contributed by atoms with Crippen molar-refractivity contribution in [3.05, 3.63) is 65.9 Å². The fraction of sp³-hybridized carbons (Fsp3) is 0.438. The van der Waals surface area contributed by atoms with Crippen LogP contribution in [0.3, 0.4) is 0 Å². The Morgan fingerprint density at radius 3 is 2.67 bits per heavy atom. The van der Waals surface area contributed by atoms with Crippen LogP contribution in [0.25, 0.3) is 10.9 Å². The zero-order chi connectivity index (χ0) is 29.2. The summed E-state index contributed by atoms with van der Waals surface area (Å²) in [5.74, 6) is -0.952. The summed E-state index contributed by atoms with van der Waals surface area (Å²) < 4.78 is 6.09. The minimum absolute atomic E-state index is 0.0113. The molecule has 220 valence electrons. The number of hydrogen-bond donors (Lipinski definition) is 4. The number of Topliss-reactive ketones (excluding diaryl/α,β-unsaturated/α-hetero) is 1. The van der Waals surface area contributed by atoms with E-state index in [1.807, 2.05) is 48.5 Å². The molecule has 42 heavy (non-hydrogen) atoms. The Morgan fingerprint density at radius 2 is 1.90 bits per heavy atom. The molecule has 5 atom stereocenters. The maximum atomic E-state index is 14.0. The van der Waals surface area contributed by atoms with Crippen molar-refractivity contribution in [2.75, 3.05) is 19.7 Å². The van der Waals surface area contributed by atoms with Gasteiger partial charge in [-0.3, -0.25) is 19.2 Å². The summed E-state index contributed by atoms with van der Waals surface area (Å²) in [5.41, 5.74) is 2.15. The summed E-state index contributed by atoms with van der Waals surface area (Å²) in [5, 5.41) is 15.9. The standard InChI is InChI=1S/C32H36N4O6/c37-17-27(38)25(14-20-12-13-33-30(20)39)35-31(40)29-22-9-4-8-21(22)16-36(29)32(41)26-15-23-24(34-26)10-5-11-28(23)42-18-19-6-2-1-3-7-19/h1-3,5-7,10-11,15,20-22,25,29,34,37H,4,8-9,12-14,16-18H2,(H,33,39)(H,35,40). The molecular formula is C32H36N4O6. The number of aliphatic hydroxyl groups is 1. The Kier molecular flexibility index (Phi) is 7.97. The van der Waals surface area contributed by atoms with Crippen LogP contribution in [0.1, 0.15) is 48.2 Å². The van der Waals surface area contributed by atoms with Gasteiger partial charge in [-0.25, -0.2) is 0 Å². The first-order valence-electron chi connectivity index (χ1n) is 14.7. The normalized spacial score (nSPS) is 23.9. The molecule has 3 aromatic rings. The van der Waals surface area contributed by atoms with E-state index in [4.69, 9.17) is 4.74 Å². The number of carbonyl (C=O) groups excluding carboxylic acids is 4. The quantitative estimate of drug-likeness (QED) is 0.294. The van der Waals surface area contributed by atoms with Crippen LogP contribution >= 0.6 is 0 Å². The van der Waals surface area contributed by atoms with Crippen LogP contribution in [-0.4, -0.2) is 70.3 Å². The molecule has 6 rings (SSSR count). The molecule has 2 saturated heterocycles. The van der Waals surface area contributed by atoms with Gasteiger partial charge in [0.15, 0.2) is 5.78 Å². The van der Waals surface area contributed by atoms with Crippen molar-refractivity contribution >= 4 is 34.4 Å². The minimum Gasteiger partial charge on any atom is -0.488 e. The third-order valence-electron chi connectivity index (χ3n) is 9.06. The van der Waals surface area contributed by atoms with E-state index < -0.39 is 36.3 Å². The summed E-state index contributed by atoms with van der Waals surface area (Å²) in [6, 6.07) is 15.5. The van der Waals surface area contributed by atoms with E-state index in [1.54, 1.807) is 11.0 Å². The third-order valence-corrected chi connectivity index (χ3v) is 9.06. The van der Waals surface area contributed by atoms with Gasteiger partial charge >= 0.3 is 0 Å². The minimum atomic E-state index is -0.994. The van der Waals surface area contributed by atoms with Gasteiger partial charge in [-0.2, -0.15) is 0 Å². The number of amides is 3. The lowest BCUT2D eigenvalue weighted by Gasteiger charge is -2.29. The Morgan fingerprint density at radius 1 is 1.07 bits per heavy atom. The zero-order valence-electron chi connectivity index (χ0n) is 23.4. The lowest BCUT2D eigenvalue weighted by atomic mass is 9.92. The molecule has 1 aromatic heterocycles. The number of fused-ring (bicyclic) bond motifs is 2. The SMILES string of the molecule is O=C1NCCC1CC(NC(=O)C1C2CCCC2CN1C(=O)c1cc2c(OCc3ccccc3)cccc2[nH]1)C(=O)CO. The molecule has 2 aliphatic heterocycles. The average molecular weight is 573 g/mol. The number of aliphatic hydroxyl groups excluding tert-OH is 1. The van der Waals surface area contributed by atoms with Gasteiger partial charge in [-0.05, 0) is 61.3 Å². The molecule has 4 N–H and O–H groups in total. The van der Waals surface area contributed by atoms with E-state index in [2.05, 4.69) is 15.6 Å². The molecule has 10 heteroatoms. The maximum Gasteiger partial charge on any atom is 0.271 e. The highest BCUT2D eigenvalue weighted by atomic mass is 16.5. The number of benzene rings is 2. The van der Waals surface area contributed by atoms with Gasteiger partial charge in [-0.15, -0.1) is 0 Å². The Bertz CT molecular complexity index is 1490. The van der Waals surface area contributed by atoms with Crippen LogP contribution in [0.4, 0.5) is 0 Å². The molecule has 1 saturated carbocycles. The van der Waals surface area contributed by atoms with Gasteiger partial charge in [0.05, 0.1) is 6.04 Å². The zero-order valence-corrected chi connectivity index (χ0v) is 23.4. The molecule has 3 amide bonds. The molecule has 0 radical (unpaired) electrons. The maximum absolute atomic E-state index is 14.0. The van der Waals surface area contributed by atoms with E-state index in [0.717, 1.165) is 35.7 Å². The lowest BCUT2D eigenvalue weighted by Crippen LogP contribution is -2.53. The molecule has 10 nitrogen and oxygen atoms in total. The fourth-order valence-electron chi connectivity index (χ4n) is 6.90. The number of likely N-dealkylation sites (tertiary alicyclic amines) is 1. The highest BCUT2D eigenvalue weighted by molar-refractivity contribution is 6.02. The molecule has 0 bridgehead atoms. The van der Waals surface area contributed by atoms with E-state index in [1.165, 1.54) is 0 Å². The molecule has 3 fully saturated rings. The Labute approximate surface area is 243 Å². The topological polar surface area (TPSA) is 141 Å². The molecular weight excluding hydrogens is 536 g/mol. The van der Waals surface area contributed by atoms with E-state index in [0.29, 0.717) is 37.6 Å². The van der Waals surface area contributed by atoms with Gasteiger partial charge in [0.25, 0.3) is 5.91 Å². The predicted octanol–water partition coefficient (Wildman–Crippen LogP) is 2.56. The highest BCUT2D eigenvalue weighted by Gasteiger charge is 2.50. The van der Waals surface area contributed by atoms with Crippen molar-refractivity contribution in [1.29, 1.82) is 0 Å². The molecule has 3 aliphatic rings.